The normalized spacial score (nSPS) is 11.8. The molecule has 0 amide bonds. The summed E-state index contributed by atoms with van der Waals surface area (Å²) in [5.74, 6) is 0.257. The lowest BCUT2D eigenvalue weighted by atomic mass is 10.1. The lowest BCUT2D eigenvalue weighted by Crippen LogP contribution is -2.30. The van der Waals surface area contributed by atoms with Gasteiger partial charge in [-0.1, -0.05) is 21.1 Å². The summed E-state index contributed by atoms with van der Waals surface area (Å²) in [6, 6.07) is 4.38. The highest BCUT2D eigenvalue weighted by atomic mass is 79.9. The van der Waals surface area contributed by atoms with Gasteiger partial charge in [0, 0.05) is 10.0 Å². The van der Waals surface area contributed by atoms with Crippen LogP contribution in [0, 0.1) is 5.82 Å². The largest absolute Gasteiger partial charge is 0.334 e. The van der Waals surface area contributed by atoms with Gasteiger partial charge < -0.3 is 10.3 Å². The van der Waals surface area contributed by atoms with E-state index in [1.165, 1.54) is 12.1 Å². The zero-order valence-electron chi connectivity index (χ0n) is 9.37. The molecule has 0 aliphatic heterocycles. The van der Waals surface area contributed by atoms with E-state index in [0.29, 0.717) is 15.9 Å². The van der Waals surface area contributed by atoms with Gasteiger partial charge in [-0.15, -0.1) is 0 Å². The first-order valence-electron chi connectivity index (χ1n) is 4.96. The molecule has 17 heavy (non-hydrogen) atoms. The predicted octanol–water partition coefficient (Wildman–Crippen LogP) is 2.83. The number of hydrogen-bond acceptors (Lipinski definition) is 4. The van der Waals surface area contributed by atoms with Gasteiger partial charge in [0.05, 0.1) is 5.54 Å². The molecular weight excluding hydrogens is 289 g/mol. The van der Waals surface area contributed by atoms with Crippen LogP contribution in [-0.2, 0) is 5.54 Å². The summed E-state index contributed by atoms with van der Waals surface area (Å²) in [5, 5.41) is 3.77. The van der Waals surface area contributed by atoms with Crippen LogP contribution in [0.4, 0.5) is 4.39 Å². The number of aromatic nitrogens is 2. The Kier molecular flexibility index (Phi) is 3.01. The van der Waals surface area contributed by atoms with Crippen LogP contribution in [0.1, 0.15) is 19.7 Å². The van der Waals surface area contributed by atoms with Crippen LogP contribution < -0.4 is 5.73 Å². The van der Waals surface area contributed by atoms with E-state index in [9.17, 15) is 4.39 Å². The fourth-order valence-corrected chi connectivity index (χ4v) is 1.75. The summed E-state index contributed by atoms with van der Waals surface area (Å²) in [6.45, 7) is 3.53. The van der Waals surface area contributed by atoms with E-state index in [4.69, 9.17) is 10.3 Å². The van der Waals surface area contributed by atoms with Crippen LogP contribution in [0.5, 0.6) is 0 Å². The first-order valence-corrected chi connectivity index (χ1v) is 5.75. The average molecular weight is 300 g/mol. The second-order valence-corrected chi connectivity index (χ2v) is 5.22. The monoisotopic (exact) mass is 299 g/mol. The Morgan fingerprint density at radius 1 is 1.35 bits per heavy atom. The van der Waals surface area contributed by atoms with E-state index in [1.807, 2.05) is 0 Å². The van der Waals surface area contributed by atoms with E-state index in [0.717, 1.165) is 0 Å². The van der Waals surface area contributed by atoms with Crippen molar-refractivity contribution in [3.05, 3.63) is 34.3 Å². The van der Waals surface area contributed by atoms with Crippen LogP contribution in [-0.4, -0.2) is 10.1 Å². The van der Waals surface area contributed by atoms with E-state index in [-0.39, 0.29) is 11.7 Å². The highest BCUT2D eigenvalue weighted by Crippen LogP contribution is 2.24. The minimum absolute atomic E-state index is 0.249. The summed E-state index contributed by atoms with van der Waals surface area (Å²) in [7, 11) is 0. The molecule has 0 saturated heterocycles. The molecule has 0 radical (unpaired) electrons. The Morgan fingerprint density at radius 3 is 2.59 bits per heavy atom. The molecule has 90 valence electrons. The van der Waals surface area contributed by atoms with Crippen molar-refractivity contribution in [2.75, 3.05) is 0 Å². The molecule has 2 rings (SSSR count). The SMILES string of the molecule is CC(C)(N)c1noc(-c2cc(F)cc(Br)c2)n1. The Balaban J connectivity index is 2.44. The number of benzene rings is 1. The maximum atomic E-state index is 13.2. The van der Waals surface area contributed by atoms with E-state index >= 15 is 0 Å². The van der Waals surface area contributed by atoms with Crippen molar-refractivity contribution in [2.24, 2.45) is 5.73 Å². The van der Waals surface area contributed by atoms with Crippen molar-refractivity contribution in [1.29, 1.82) is 0 Å². The van der Waals surface area contributed by atoms with Gasteiger partial charge >= 0.3 is 0 Å². The van der Waals surface area contributed by atoms with Crippen molar-refractivity contribution in [1.82, 2.24) is 10.1 Å². The summed E-state index contributed by atoms with van der Waals surface area (Å²) >= 11 is 3.20. The van der Waals surface area contributed by atoms with Crippen molar-refractivity contribution >= 4 is 15.9 Å². The van der Waals surface area contributed by atoms with Gasteiger partial charge in [-0.3, -0.25) is 0 Å². The number of nitrogens with two attached hydrogens (primary N) is 1. The molecule has 1 aromatic heterocycles. The second kappa shape index (κ2) is 4.19. The molecule has 0 spiro atoms. The molecule has 0 atom stereocenters. The standard InChI is InChI=1S/C11H11BrFN3O/c1-11(2,14)10-15-9(17-16-10)6-3-7(12)5-8(13)4-6/h3-5H,14H2,1-2H3. The van der Waals surface area contributed by atoms with Gasteiger partial charge in [0.25, 0.3) is 5.89 Å². The van der Waals surface area contributed by atoms with Gasteiger partial charge in [0.2, 0.25) is 0 Å². The van der Waals surface area contributed by atoms with Gasteiger partial charge in [-0.2, -0.15) is 4.98 Å². The molecule has 0 aliphatic carbocycles. The summed E-state index contributed by atoms with van der Waals surface area (Å²) in [4.78, 5) is 4.14. The lowest BCUT2D eigenvalue weighted by Gasteiger charge is -2.11. The third-order valence-corrected chi connectivity index (χ3v) is 2.57. The Morgan fingerprint density at radius 2 is 2.06 bits per heavy atom. The zero-order chi connectivity index (χ0) is 12.6. The number of hydrogen-bond donors (Lipinski definition) is 1. The molecule has 1 aromatic carbocycles. The van der Waals surface area contributed by atoms with Crippen molar-refractivity contribution < 1.29 is 8.91 Å². The third kappa shape index (κ3) is 2.70. The van der Waals surface area contributed by atoms with E-state index in [1.54, 1.807) is 19.9 Å². The third-order valence-electron chi connectivity index (χ3n) is 2.11. The topological polar surface area (TPSA) is 64.9 Å². The highest BCUT2D eigenvalue weighted by Gasteiger charge is 2.22. The van der Waals surface area contributed by atoms with Crippen LogP contribution in [0.15, 0.2) is 27.2 Å². The molecule has 0 fully saturated rings. The average Bonchev–Trinajstić information content (AvgIpc) is 2.63. The van der Waals surface area contributed by atoms with Gasteiger partial charge in [0.1, 0.15) is 5.82 Å². The molecule has 6 heteroatoms. The smallest absolute Gasteiger partial charge is 0.258 e. The minimum Gasteiger partial charge on any atom is -0.334 e. The van der Waals surface area contributed by atoms with Gasteiger partial charge in [-0.25, -0.2) is 4.39 Å². The van der Waals surface area contributed by atoms with Crippen molar-refractivity contribution in [2.45, 2.75) is 19.4 Å². The molecule has 0 bridgehead atoms. The quantitative estimate of drug-likeness (QED) is 0.926. The Hall–Kier alpha value is -1.27. The molecule has 2 N–H and O–H groups in total. The van der Waals surface area contributed by atoms with Crippen LogP contribution >= 0.6 is 15.9 Å². The lowest BCUT2D eigenvalue weighted by molar-refractivity contribution is 0.397. The molecule has 2 aromatic rings. The maximum Gasteiger partial charge on any atom is 0.258 e. The van der Waals surface area contributed by atoms with Crippen molar-refractivity contribution in [3.63, 3.8) is 0 Å². The van der Waals surface area contributed by atoms with Gasteiger partial charge in [0.15, 0.2) is 5.82 Å². The summed E-state index contributed by atoms with van der Waals surface area (Å²) in [6.07, 6.45) is 0. The number of nitrogens with zero attached hydrogens (tertiary/aromatic N) is 2. The molecule has 4 nitrogen and oxygen atoms in total. The highest BCUT2D eigenvalue weighted by molar-refractivity contribution is 9.10. The first-order chi connectivity index (χ1) is 7.86. The zero-order valence-corrected chi connectivity index (χ0v) is 11.0. The number of halogens is 2. The summed E-state index contributed by atoms with van der Waals surface area (Å²) < 4.78 is 18.9. The summed E-state index contributed by atoms with van der Waals surface area (Å²) in [5.41, 5.74) is 5.67. The van der Waals surface area contributed by atoms with E-state index < -0.39 is 5.54 Å². The minimum atomic E-state index is -0.688. The fraction of sp³-hybridized carbons (Fsp3) is 0.273. The van der Waals surface area contributed by atoms with Crippen LogP contribution in [0.25, 0.3) is 11.5 Å². The van der Waals surface area contributed by atoms with Crippen LogP contribution in [0.3, 0.4) is 0 Å². The molecule has 1 heterocycles. The Bertz CT molecular complexity index is 528. The Labute approximate surface area is 106 Å². The second-order valence-electron chi connectivity index (χ2n) is 4.30. The fourth-order valence-electron chi connectivity index (χ4n) is 1.28. The molecule has 0 aliphatic rings. The van der Waals surface area contributed by atoms with Crippen LogP contribution in [0.2, 0.25) is 0 Å². The van der Waals surface area contributed by atoms with Crippen molar-refractivity contribution in [3.8, 4) is 11.5 Å². The maximum absolute atomic E-state index is 13.2. The first kappa shape index (κ1) is 12.2. The molecule has 0 saturated carbocycles. The molecule has 0 unspecified atom stereocenters. The number of rotatable bonds is 2. The van der Waals surface area contributed by atoms with Gasteiger partial charge in [-0.05, 0) is 32.0 Å². The predicted molar refractivity (Wildman–Crippen MR) is 64.6 cm³/mol. The van der Waals surface area contributed by atoms with E-state index in [2.05, 4.69) is 26.1 Å². The molecular formula is C11H11BrFN3O.